The van der Waals surface area contributed by atoms with Crippen molar-refractivity contribution in [1.82, 2.24) is 10.6 Å². The lowest BCUT2D eigenvalue weighted by molar-refractivity contribution is -0.148. The summed E-state index contributed by atoms with van der Waals surface area (Å²) in [6.07, 6.45) is -0.595. The van der Waals surface area contributed by atoms with Crippen molar-refractivity contribution in [3.8, 4) is 0 Å². The first-order chi connectivity index (χ1) is 11.8. The van der Waals surface area contributed by atoms with Gasteiger partial charge in [0.25, 0.3) is 11.8 Å². The van der Waals surface area contributed by atoms with Crippen LogP contribution in [0.25, 0.3) is 0 Å². The van der Waals surface area contributed by atoms with Gasteiger partial charge in [0, 0.05) is 19.4 Å². The van der Waals surface area contributed by atoms with Gasteiger partial charge >= 0.3 is 11.9 Å². The summed E-state index contributed by atoms with van der Waals surface area (Å²) in [5.41, 5.74) is -0.0619. The Bertz CT molecular complexity index is 704. The lowest BCUT2D eigenvalue weighted by Crippen LogP contribution is -2.50. The van der Waals surface area contributed by atoms with Crippen molar-refractivity contribution in [3.63, 3.8) is 0 Å². The SMILES string of the molecule is O=C1CCC(C(=O)NC[C@H](NC(=O)c2c(Cl)cccc2Cl)C(=O)O)O1. The molecule has 0 bridgehead atoms. The molecule has 2 rings (SSSR count). The molecule has 0 radical (unpaired) electrons. The highest BCUT2D eigenvalue weighted by Gasteiger charge is 2.31. The molecule has 2 amide bonds. The molecule has 1 heterocycles. The molecule has 0 spiro atoms. The fourth-order valence-electron chi connectivity index (χ4n) is 2.17. The molecule has 1 aromatic carbocycles. The molecule has 0 aromatic heterocycles. The molecule has 1 unspecified atom stereocenters. The fourth-order valence-corrected chi connectivity index (χ4v) is 2.74. The predicted octanol–water partition coefficient (Wildman–Crippen LogP) is 0.998. The van der Waals surface area contributed by atoms with Crippen LogP contribution in [0.3, 0.4) is 0 Å². The van der Waals surface area contributed by atoms with Gasteiger partial charge in [0.05, 0.1) is 15.6 Å². The third-order valence-corrected chi connectivity index (χ3v) is 4.08. The van der Waals surface area contributed by atoms with E-state index in [-0.39, 0.29) is 28.5 Å². The van der Waals surface area contributed by atoms with E-state index in [1.807, 2.05) is 0 Å². The molecule has 3 N–H and O–H groups in total. The van der Waals surface area contributed by atoms with Gasteiger partial charge in [-0.2, -0.15) is 0 Å². The Kier molecular flexibility index (Phi) is 6.22. The number of hydrogen-bond donors (Lipinski definition) is 3. The van der Waals surface area contributed by atoms with Crippen LogP contribution >= 0.6 is 23.2 Å². The zero-order valence-corrected chi connectivity index (χ0v) is 14.3. The number of rotatable bonds is 6. The molecular weight excluding hydrogens is 375 g/mol. The normalized spacial score (nSPS) is 17.5. The van der Waals surface area contributed by atoms with Crippen molar-refractivity contribution in [2.24, 2.45) is 0 Å². The molecule has 1 aromatic rings. The van der Waals surface area contributed by atoms with E-state index in [4.69, 9.17) is 27.9 Å². The molecule has 8 nitrogen and oxygen atoms in total. The molecular formula is C15H14Cl2N2O6. The molecule has 134 valence electrons. The summed E-state index contributed by atoms with van der Waals surface area (Å²) >= 11 is 11.8. The molecule has 1 aliphatic rings. The largest absolute Gasteiger partial charge is 0.480 e. The average Bonchev–Trinajstić information content (AvgIpc) is 2.97. The lowest BCUT2D eigenvalue weighted by atomic mass is 10.2. The maximum atomic E-state index is 12.2. The summed E-state index contributed by atoms with van der Waals surface area (Å²) in [7, 11) is 0. The molecule has 2 atom stereocenters. The zero-order chi connectivity index (χ0) is 18.6. The van der Waals surface area contributed by atoms with E-state index >= 15 is 0 Å². The molecule has 0 saturated carbocycles. The van der Waals surface area contributed by atoms with E-state index in [0.29, 0.717) is 0 Å². The second kappa shape index (κ2) is 8.17. The Morgan fingerprint density at radius 3 is 2.44 bits per heavy atom. The van der Waals surface area contributed by atoms with E-state index in [2.05, 4.69) is 10.6 Å². The van der Waals surface area contributed by atoms with Crippen LogP contribution in [-0.2, 0) is 19.1 Å². The smallest absolute Gasteiger partial charge is 0.328 e. The van der Waals surface area contributed by atoms with Crippen LogP contribution in [0.2, 0.25) is 10.0 Å². The van der Waals surface area contributed by atoms with Gasteiger partial charge in [-0.05, 0) is 12.1 Å². The Morgan fingerprint density at radius 1 is 1.28 bits per heavy atom. The van der Waals surface area contributed by atoms with Gasteiger partial charge < -0.3 is 20.5 Å². The molecule has 1 aliphatic heterocycles. The number of carboxylic acids is 1. The second-order valence-electron chi connectivity index (χ2n) is 5.22. The highest BCUT2D eigenvalue weighted by molar-refractivity contribution is 6.39. The second-order valence-corrected chi connectivity index (χ2v) is 6.04. The van der Waals surface area contributed by atoms with Crippen molar-refractivity contribution in [2.75, 3.05) is 6.54 Å². The van der Waals surface area contributed by atoms with Gasteiger partial charge in [-0.25, -0.2) is 4.79 Å². The van der Waals surface area contributed by atoms with Gasteiger partial charge in [0.1, 0.15) is 6.04 Å². The van der Waals surface area contributed by atoms with E-state index < -0.39 is 42.4 Å². The molecule has 1 fully saturated rings. The number of carbonyl (C=O) groups excluding carboxylic acids is 3. The molecule has 1 saturated heterocycles. The third-order valence-electron chi connectivity index (χ3n) is 3.45. The highest BCUT2D eigenvalue weighted by atomic mass is 35.5. The zero-order valence-electron chi connectivity index (χ0n) is 12.8. The van der Waals surface area contributed by atoms with E-state index in [1.54, 1.807) is 6.07 Å². The van der Waals surface area contributed by atoms with Gasteiger partial charge in [0.15, 0.2) is 6.10 Å². The lowest BCUT2D eigenvalue weighted by Gasteiger charge is -2.17. The number of nitrogens with one attached hydrogen (secondary N) is 2. The van der Waals surface area contributed by atoms with Crippen molar-refractivity contribution < 1.29 is 29.0 Å². The maximum Gasteiger partial charge on any atom is 0.328 e. The van der Waals surface area contributed by atoms with Crippen LogP contribution in [0.15, 0.2) is 18.2 Å². The van der Waals surface area contributed by atoms with Crippen LogP contribution in [-0.4, -0.2) is 47.6 Å². The number of cyclic esters (lactones) is 1. The summed E-state index contributed by atoms with van der Waals surface area (Å²) in [6.45, 7) is -0.393. The highest BCUT2D eigenvalue weighted by Crippen LogP contribution is 2.24. The Labute approximate surface area is 152 Å². The summed E-state index contributed by atoms with van der Waals surface area (Å²) in [6, 6.07) is 3.00. The van der Waals surface area contributed by atoms with Crippen LogP contribution in [0.4, 0.5) is 0 Å². The quantitative estimate of drug-likeness (QED) is 0.624. The number of aliphatic carboxylic acids is 1. The number of amides is 2. The number of ether oxygens (including phenoxy) is 1. The van der Waals surface area contributed by atoms with Gasteiger partial charge in [-0.1, -0.05) is 29.3 Å². The number of carboxylic acid groups (broad SMARTS) is 1. The summed E-state index contributed by atoms with van der Waals surface area (Å²) in [4.78, 5) is 46.4. The number of halogens is 2. The minimum atomic E-state index is -1.42. The number of benzene rings is 1. The third kappa shape index (κ3) is 4.83. The summed E-state index contributed by atoms with van der Waals surface area (Å²) in [5, 5.41) is 13.9. The number of hydrogen-bond acceptors (Lipinski definition) is 5. The van der Waals surface area contributed by atoms with E-state index in [1.165, 1.54) is 12.1 Å². The Hall–Kier alpha value is -2.32. The Balaban J connectivity index is 1.99. The summed E-state index contributed by atoms with van der Waals surface area (Å²) in [5.74, 6) is -3.26. The minimum absolute atomic E-state index is 0.0619. The molecule has 0 aliphatic carbocycles. The Morgan fingerprint density at radius 2 is 1.92 bits per heavy atom. The minimum Gasteiger partial charge on any atom is -0.480 e. The van der Waals surface area contributed by atoms with Crippen molar-refractivity contribution in [3.05, 3.63) is 33.8 Å². The van der Waals surface area contributed by atoms with Gasteiger partial charge in [0.2, 0.25) is 0 Å². The first kappa shape index (κ1) is 19.0. The topological polar surface area (TPSA) is 122 Å². The molecule has 10 heteroatoms. The van der Waals surface area contributed by atoms with Crippen molar-refractivity contribution in [2.45, 2.75) is 25.0 Å². The fraction of sp³-hybridized carbons (Fsp3) is 0.333. The first-order valence-corrected chi connectivity index (χ1v) is 8.00. The summed E-state index contributed by atoms with van der Waals surface area (Å²) < 4.78 is 4.78. The van der Waals surface area contributed by atoms with Crippen molar-refractivity contribution in [1.29, 1.82) is 0 Å². The predicted molar refractivity (Wildman–Crippen MR) is 87.5 cm³/mol. The van der Waals surface area contributed by atoms with Crippen molar-refractivity contribution >= 4 is 47.0 Å². The van der Waals surface area contributed by atoms with E-state index in [9.17, 15) is 24.3 Å². The van der Waals surface area contributed by atoms with Crippen LogP contribution in [0.5, 0.6) is 0 Å². The standard InChI is InChI=1S/C15H14Cl2N2O6/c16-7-2-1-3-8(17)12(7)14(22)19-9(15(23)24)6-18-13(21)10-4-5-11(20)25-10/h1-3,9-10H,4-6H2,(H,18,21)(H,19,22)(H,23,24)/t9-,10?/m0/s1. The molecule has 25 heavy (non-hydrogen) atoms. The van der Waals surface area contributed by atoms with Gasteiger partial charge in [-0.3, -0.25) is 14.4 Å². The van der Waals surface area contributed by atoms with E-state index in [0.717, 1.165) is 0 Å². The van der Waals surface area contributed by atoms with Crippen LogP contribution < -0.4 is 10.6 Å². The maximum absolute atomic E-state index is 12.2. The number of esters is 1. The average molecular weight is 389 g/mol. The van der Waals surface area contributed by atoms with Crippen LogP contribution in [0.1, 0.15) is 23.2 Å². The number of carbonyl (C=O) groups is 4. The first-order valence-electron chi connectivity index (χ1n) is 7.24. The monoisotopic (exact) mass is 388 g/mol. The van der Waals surface area contributed by atoms with Gasteiger partial charge in [-0.15, -0.1) is 0 Å². The van der Waals surface area contributed by atoms with Crippen LogP contribution in [0, 0.1) is 0 Å².